The van der Waals surface area contributed by atoms with Crippen LogP contribution in [0.15, 0.2) is 29.2 Å². The fourth-order valence-electron chi connectivity index (χ4n) is 1.35. The van der Waals surface area contributed by atoms with Gasteiger partial charge in [-0.15, -0.1) is 0 Å². The Morgan fingerprint density at radius 2 is 2.11 bits per heavy atom. The van der Waals surface area contributed by atoms with E-state index in [1.54, 1.807) is 13.8 Å². The lowest BCUT2D eigenvalue weighted by atomic mass is 10.2. The Morgan fingerprint density at radius 1 is 1.42 bits per heavy atom. The van der Waals surface area contributed by atoms with Gasteiger partial charge in [-0.2, -0.15) is 5.26 Å². The molecule has 0 spiro atoms. The molecule has 0 aliphatic carbocycles. The highest BCUT2D eigenvalue weighted by atomic mass is 32.2. The monoisotopic (exact) mass is 281 g/mol. The van der Waals surface area contributed by atoms with Crippen LogP contribution in [-0.2, 0) is 14.8 Å². The molecule has 0 aliphatic heterocycles. The first-order valence-corrected chi connectivity index (χ1v) is 7.12. The summed E-state index contributed by atoms with van der Waals surface area (Å²) in [7, 11) is -3.79. The SMILES string of the molecule is CC(C)NC(=O)CNS(=O)(=O)c1cccc(C#N)c1. The van der Waals surface area contributed by atoms with E-state index >= 15 is 0 Å². The molecule has 0 heterocycles. The zero-order chi connectivity index (χ0) is 14.5. The molecular weight excluding hydrogens is 266 g/mol. The largest absolute Gasteiger partial charge is 0.353 e. The predicted molar refractivity (Wildman–Crippen MR) is 69.6 cm³/mol. The van der Waals surface area contributed by atoms with Crippen LogP contribution >= 0.6 is 0 Å². The third kappa shape index (κ3) is 4.69. The van der Waals surface area contributed by atoms with Crippen LogP contribution in [-0.4, -0.2) is 26.9 Å². The van der Waals surface area contributed by atoms with Gasteiger partial charge in [-0.25, -0.2) is 13.1 Å². The number of nitriles is 1. The number of hydrogen-bond acceptors (Lipinski definition) is 4. The van der Waals surface area contributed by atoms with E-state index in [9.17, 15) is 13.2 Å². The van der Waals surface area contributed by atoms with Crippen LogP contribution in [0.5, 0.6) is 0 Å². The van der Waals surface area contributed by atoms with E-state index in [4.69, 9.17) is 5.26 Å². The van der Waals surface area contributed by atoms with E-state index in [0.29, 0.717) is 0 Å². The van der Waals surface area contributed by atoms with Gasteiger partial charge < -0.3 is 5.32 Å². The smallest absolute Gasteiger partial charge is 0.241 e. The standard InChI is InChI=1S/C12H15N3O3S/c1-9(2)15-12(16)8-14-19(17,18)11-5-3-4-10(6-11)7-13/h3-6,9,14H,8H2,1-2H3,(H,15,16). The van der Waals surface area contributed by atoms with Crippen LogP contribution in [0.3, 0.4) is 0 Å². The molecule has 1 aromatic rings. The first kappa shape index (κ1) is 15.1. The van der Waals surface area contributed by atoms with Crippen molar-refractivity contribution >= 4 is 15.9 Å². The minimum Gasteiger partial charge on any atom is -0.353 e. The molecule has 19 heavy (non-hydrogen) atoms. The Morgan fingerprint density at radius 3 is 2.68 bits per heavy atom. The zero-order valence-corrected chi connectivity index (χ0v) is 11.5. The summed E-state index contributed by atoms with van der Waals surface area (Å²) in [6.45, 7) is 3.23. The first-order chi connectivity index (χ1) is 8.85. The Balaban J connectivity index is 2.76. The molecule has 7 heteroatoms. The number of hydrogen-bond donors (Lipinski definition) is 2. The van der Waals surface area contributed by atoms with Crippen LogP contribution < -0.4 is 10.0 Å². The molecule has 1 aromatic carbocycles. The zero-order valence-electron chi connectivity index (χ0n) is 10.7. The van der Waals surface area contributed by atoms with Crippen molar-refractivity contribution in [1.82, 2.24) is 10.0 Å². The van der Waals surface area contributed by atoms with Crippen LogP contribution in [0.4, 0.5) is 0 Å². The quantitative estimate of drug-likeness (QED) is 0.814. The van der Waals surface area contributed by atoms with Gasteiger partial charge in [0.25, 0.3) is 0 Å². The highest BCUT2D eigenvalue weighted by Gasteiger charge is 2.16. The first-order valence-electron chi connectivity index (χ1n) is 5.64. The third-order valence-electron chi connectivity index (χ3n) is 2.15. The summed E-state index contributed by atoms with van der Waals surface area (Å²) in [5.74, 6) is -0.407. The summed E-state index contributed by atoms with van der Waals surface area (Å²) in [6.07, 6.45) is 0. The van der Waals surface area contributed by atoms with Gasteiger partial charge in [0.1, 0.15) is 0 Å². The molecule has 0 saturated heterocycles. The van der Waals surface area contributed by atoms with Crippen molar-refractivity contribution in [2.75, 3.05) is 6.54 Å². The Labute approximate surface area is 112 Å². The van der Waals surface area contributed by atoms with Crippen LogP contribution in [0.1, 0.15) is 19.4 Å². The lowest BCUT2D eigenvalue weighted by Crippen LogP contribution is -2.39. The number of amides is 1. The normalized spacial score (nSPS) is 11.1. The number of sulfonamides is 1. The molecule has 0 saturated carbocycles. The molecule has 102 valence electrons. The molecule has 0 radical (unpaired) electrons. The van der Waals surface area contributed by atoms with Crippen molar-refractivity contribution in [1.29, 1.82) is 5.26 Å². The predicted octanol–water partition coefficient (Wildman–Crippen LogP) is 0.361. The number of rotatable bonds is 5. The summed E-state index contributed by atoms with van der Waals surface area (Å²) >= 11 is 0. The van der Waals surface area contributed by atoms with Gasteiger partial charge in [0, 0.05) is 6.04 Å². The van der Waals surface area contributed by atoms with Crippen LogP contribution in [0.25, 0.3) is 0 Å². The molecule has 1 amide bonds. The summed E-state index contributed by atoms with van der Waals surface area (Å²) in [5.41, 5.74) is 0.245. The third-order valence-corrected chi connectivity index (χ3v) is 3.54. The van der Waals surface area contributed by atoms with E-state index in [-0.39, 0.29) is 23.0 Å². The molecule has 0 fully saturated rings. The summed E-state index contributed by atoms with van der Waals surface area (Å²) in [6, 6.07) is 7.40. The van der Waals surface area contributed by atoms with Gasteiger partial charge in [0.15, 0.2) is 0 Å². The number of nitrogens with one attached hydrogen (secondary N) is 2. The maximum atomic E-state index is 11.9. The Kier molecular flexibility index (Phi) is 5.03. The van der Waals surface area contributed by atoms with Gasteiger partial charge >= 0.3 is 0 Å². The lowest BCUT2D eigenvalue weighted by Gasteiger charge is -2.09. The van der Waals surface area contributed by atoms with Crippen molar-refractivity contribution < 1.29 is 13.2 Å². The number of nitrogens with zero attached hydrogens (tertiary/aromatic N) is 1. The van der Waals surface area contributed by atoms with E-state index in [0.717, 1.165) is 0 Å². The van der Waals surface area contributed by atoms with Crippen molar-refractivity contribution in [2.45, 2.75) is 24.8 Å². The maximum absolute atomic E-state index is 11.9. The number of carbonyl (C=O) groups is 1. The molecule has 0 bridgehead atoms. The average Bonchev–Trinajstić information content (AvgIpc) is 2.36. The molecule has 0 aromatic heterocycles. The number of benzene rings is 1. The molecule has 0 atom stereocenters. The van der Waals surface area contributed by atoms with E-state index in [1.165, 1.54) is 24.3 Å². The number of carbonyl (C=O) groups excluding carboxylic acids is 1. The fourth-order valence-corrected chi connectivity index (χ4v) is 2.38. The molecule has 2 N–H and O–H groups in total. The summed E-state index contributed by atoms with van der Waals surface area (Å²) in [4.78, 5) is 11.3. The Bertz CT molecular complexity index is 603. The van der Waals surface area contributed by atoms with E-state index < -0.39 is 15.9 Å². The van der Waals surface area contributed by atoms with Gasteiger partial charge in [0.05, 0.1) is 23.1 Å². The molecular formula is C12H15N3O3S. The molecule has 1 rings (SSSR count). The lowest BCUT2D eigenvalue weighted by molar-refractivity contribution is -0.120. The minimum absolute atomic E-state index is 0.0381. The van der Waals surface area contributed by atoms with E-state index in [2.05, 4.69) is 10.0 Å². The van der Waals surface area contributed by atoms with Crippen molar-refractivity contribution in [2.24, 2.45) is 0 Å². The summed E-state index contributed by atoms with van der Waals surface area (Å²) < 4.78 is 26.0. The second-order valence-corrected chi connectivity index (χ2v) is 5.95. The summed E-state index contributed by atoms with van der Waals surface area (Å²) in [5, 5.41) is 11.3. The second kappa shape index (κ2) is 6.31. The topological polar surface area (TPSA) is 99.1 Å². The average molecular weight is 281 g/mol. The van der Waals surface area contributed by atoms with E-state index in [1.807, 2.05) is 6.07 Å². The molecule has 6 nitrogen and oxygen atoms in total. The van der Waals surface area contributed by atoms with Gasteiger partial charge in [-0.05, 0) is 32.0 Å². The molecule has 0 aliphatic rings. The highest BCUT2D eigenvalue weighted by Crippen LogP contribution is 2.10. The van der Waals surface area contributed by atoms with Crippen molar-refractivity contribution in [3.8, 4) is 6.07 Å². The van der Waals surface area contributed by atoms with Gasteiger partial charge in [0.2, 0.25) is 15.9 Å². The fraction of sp³-hybridized carbons (Fsp3) is 0.333. The van der Waals surface area contributed by atoms with Gasteiger partial charge in [-0.1, -0.05) is 6.07 Å². The maximum Gasteiger partial charge on any atom is 0.241 e. The Hall–Kier alpha value is -1.91. The van der Waals surface area contributed by atoms with Gasteiger partial charge in [-0.3, -0.25) is 4.79 Å². The molecule has 0 unspecified atom stereocenters. The van der Waals surface area contributed by atoms with Crippen LogP contribution in [0.2, 0.25) is 0 Å². The van der Waals surface area contributed by atoms with Crippen molar-refractivity contribution in [3.63, 3.8) is 0 Å². The second-order valence-electron chi connectivity index (χ2n) is 4.19. The minimum atomic E-state index is -3.79. The van der Waals surface area contributed by atoms with Crippen LogP contribution in [0, 0.1) is 11.3 Å². The highest BCUT2D eigenvalue weighted by molar-refractivity contribution is 7.89. The van der Waals surface area contributed by atoms with Crippen molar-refractivity contribution in [3.05, 3.63) is 29.8 Å².